The number of sulfonamides is 1. The number of alkyl halides is 2. The van der Waals surface area contributed by atoms with Crippen molar-refractivity contribution in [3.8, 4) is 17.5 Å². The topological polar surface area (TPSA) is 194 Å². The van der Waals surface area contributed by atoms with Crippen LogP contribution in [0.2, 0.25) is 0 Å². The highest BCUT2D eigenvalue weighted by Gasteiger charge is 2.63. The van der Waals surface area contributed by atoms with Crippen molar-refractivity contribution in [1.82, 2.24) is 24.8 Å². The lowest BCUT2D eigenvalue weighted by Gasteiger charge is -2.47. The van der Waals surface area contributed by atoms with Crippen molar-refractivity contribution in [2.24, 2.45) is 17.8 Å². The molecular weight excluding hydrogens is 805 g/mol. The minimum atomic E-state index is -4.10. The SMILES string of the molecule is CC[C@@H]1C[C@H](C)CCC=C[C@@H]2C[C@@]2(C(=O)NS(=O)(=O)C2(C)CC2)NC(=O)[C@@H]2C[C@@H](Oc3nc(OC)cc4cc(OC)ccc34)CN2C(=O)[C@H]1N(C(=O)O)C(C)(C)C(C)(F)F. The fraction of sp³-hybridized carbons (Fsp3) is 0.643. The first kappa shape index (κ1) is 44.8. The van der Waals surface area contributed by atoms with Crippen LogP contribution in [0, 0.1) is 17.8 Å². The van der Waals surface area contributed by atoms with Gasteiger partial charge in [-0.1, -0.05) is 32.4 Å². The first-order valence-electron chi connectivity index (χ1n) is 20.5. The van der Waals surface area contributed by atoms with E-state index >= 15 is 13.6 Å². The second kappa shape index (κ2) is 16.3. The number of hydrogen-bond donors (Lipinski definition) is 3. The Balaban J connectivity index is 1.45. The van der Waals surface area contributed by atoms with Crippen LogP contribution in [0.25, 0.3) is 10.8 Å². The van der Waals surface area contributed by atoms with Crippen LogP contribution in [0.4, 0.5) is 13.6 Å². The van der Waals surface area contributed by atoms with Gasteiger partial charge < -0.3 is 29.5 Å². The van der Waals surface area contributed by atoms with Gasteiger partial charge in [0.25, 0.3) is 11.8 Å². The molecule has 2 aliphatic heterocycles. The number of halogens is 2. The lowest BCUT2D eigenvalue weighted by Crippen LogP contribution is -2.67. The molecule has 3 heterocycles. The van der Waals surface area contributed by atoms with Crippen molar-refractivity contribution in [3.63, 3.8) is 0 Å². The van der Waals surface area contributed by atoms with Crippen LogP contribution in [-0.4, -0.2) is 113 Å². The van der Waals surface area contributed by atoms with E-state index in [1.807, 2.05) is 13.0 Å². The van der Waals surface area contributed by atoms with Gasteiger partial charge in [0.15, 0.2) is 0 Å². The van der Waals surface area contributed by atoms with Gasteiger partial charge in [-0.25, -0.2) is 22.0 Å². The summed E-state index contributed by atoms with van der Waals surface area (Å²) in [6, 6.07) is 3.79. The van der Waals surface area contributed by atoms with Gasteiger partial charge in [0.05, 0.1) is 25.5 Å². The van der Waals surface area contributed by atoms with Crippen LogP contribution in [-0.2, 0) is 24.4 Å². The number of pyridine rings is 1. The number of methoxy groups -OCH3 is 2. The number of carbonyl (C=O) groups is 4. The van der Waals surface area contributed by atoms with Gasteiger partial charge in [-0.15, -0.1) is 0 Å². The maximum absolute atomic E-state index is 15.5. The Kier molecular flexibility index (Phi) is 12.1. The molecule has 0 spiro atoms. The lowest BCUT2D eigenvalue weighted by molar-refractivity contribution is -0.157. The largest absolute Gasteiger partial charge is 0.497 e. The lowest BCUT2D eigenvalue weighted by atomic mass is 9.81. The number of fused-ring (bicyclic) bond motifs is 3. The van der Waals surface area contributed by atoms with Crippen LogP contribution >= 0.6 is 0 Å². The maximum Gasteiger partial charge on any atom is 0.408 e. The molecule has 2 saturated carbocycles. The normalized spacial score (nSPS) is 28.3. The fourth-order valence-electron chi connectivity index (χ4n) is 8.51. The Bertz CT molecular complexity index is 2150. The molecule has 1 aromatic carbocycles. The molecule has 0 bridgehead atoms. The van der Waals surface area contributed by atoms with Gasteiger partial charge >= 0.3 is 6.09 Å². The van der Waals surface area contributed by atoms with Crippen molar-refractivity contribution < 1.29 is 55.7 Å². The molecule has 7 atom stereocenters. The first-order chi connectivity index (χ1) is 28.0. The van der Waals surface area contributed by atoms with Gasteiger partial charge in [0.2, 0.25) is 33.6 Å². The summed E-state index contributed by atoms with van der Waals surface area (Å²) in [6.45, 7) is 7.71. The molecule has 0 radical (unpaired) electrons. The molecule has 0 unspecified atom stereocenters. The number of allylic oxidation sites excluding steroid dienone is 1. The highest BCUT2D eigenvalue weighted by atomic mass is 32.2. The number of ether oxygens (including phenoxy) is 3. The standard InChI is InChI=1S/C42H57F2N5O10S/c1-9-25-18-24(2)12-10-11-13-27-22-42(27,37(52)47-60(55,56)40(5)16-17-40)46-34(50)31-21-29(59-35-30-15-14-28(57-7)19-26(30)20-32(45-35)58-8)23-48(31)36(51)33(25)49(38(53)54)39(3,4)41(6,43)44/h11,13-15,19-20,24-25,27,29,31,33H,9-10,12,16-18,21-23H2,1-8H3,(H,46,50)(H,47,52)(H,53,54)/t24-,25-,27-,29-,31+,33+,42-/m1/s1. The Morgan fingerprint density at radius 1 is 1.12 bits per heavy atom. The third-order valence-corrected chi connectivity index (χ3v) is 15.4. The third-order valence-electron chi connectivity index (χ3n) is 13.2. The number of nitrogens with zero attached hydrogens (tertiary/aromatic N) is 3. The minimum Gasteiger partial charge on any atom is -0.497 e. The number of aromatic nitrogens is 1. The van der Waals surface area contributed by atoms with E-state index in [0.29, 0.717) is 60.4 Å². The summed E-state index contributed by atoms with van der Waals surface area (Å²) >= 11 is 0. The summed E-state index contributed by atoms with van der Waals surface area (Å²) in [5, 5.41) is 14.7. The summed E-state index contributed by atoms with van der Waals surface area (Å²) in [5.74, 6) is -6.78. The first-order valence-corrected chi connectivity index (χ1v) is 22.0. The maximum atomic E-state index is 15.5. The van der Waals surface area contributed by atoms with Crippen molar-refractivity contribution in [1.29, 1.82) is 0 Å². The molecule has 4 aliphatic rings. The Morgan fingerprint density at radius 3 is 2.42 bits per heavy atom. The number of benzene rings is 1. The molecule has 330 valence electrons. The summed E-state index contributed by atoms with van der Waals surface area (Å²) in [7, 11) is -1.16. The van der Waals surface area contributed by atoms with Crippen LogP contribution in [0.5, 0.6) is 17.5 Å². The van der Waals surface area contributed by atoms with E-state index in [2.05, 4.69) is 15.0 Å². The van der Waals surface area contributed by atoms with Crippen molar-refractivity contribution in [2.45, 2.75) is 133 Å². The van der Waals surface area contributed by atoms with Crippen molar-refractivity contribution in [3.05, 3.63) is 36.4 Å². The molecule has 2 aromatic rings. The van der Waals surface area contributed by atoms with Gasteiger partial charge in [0.1, 0.15) is 35.0 Å². The predicted octanol–water partition coefficient (Wildman–Crippen LogP) is 5.66. The monoisotopic (exact) mass is 861 g/mol. The average molecular weight is 862 g/mol. The van der Waals surface area contributed by atoms with Crippen LogP contribution in [0.3, 0.4) is 0 Å². The molecule has 18 heteroatoms. The van der Waals surface area contributed by atoms with E-state index in [1.165, 1.54) is 21.1 Å². The molecule has 6 rings (SSSR count). The number of nitrogens with one attached hydrogen (secondary N) is 2. The molecule has 3 fully saturated rings. The van der Waals surface area contributed by atoms with Gasteiger partial charge in [-0.2, -0.15) is 4.98 Å². The Hall–Kier alpha value is -4.74. The van der Waals surface area contributed by atoms with E-state index in [0.717, 1.165) is 18.7 Å². The van der Waals surface area contributed by atoms with Crippen LogP contribution < -0.4 is 24.2 Å². The van der Waals surface area contributed by atoms with Gasteiger partial charge in [0, 0.05) is 30.7 Å². The summed E-state index contributed by atoms with van der Waals surface area (Å²) in [4.78, 5) is 63.5. The number of rotatable bonds is 11. The molecular formula is C42H57F2N5O10S. The molecule has 15 nitrogen and oxygen atoms in total. The second-order valence-corrected chi connectivity index (χ2v) is 20.0. The van der Waals surface area contributed by atoms with Crippen molar-refractivity contribution >= 4 is 44.6 Å². The fourth-order valence-corrected chi connectivity index (χ4v) is 9.82. The highest BCUT2D eigenvalue weighted by Crippen LogP contribution is 2.48. The molecule has 1 aromatic heterocycles. The molecule has 3 N–H and O–H groups in total. The number of carbonyl (C=O) groups excluding carboxylic acids is 3. The Labute approximate surface area is 349 Å². The van der Waals surface area contributed by atoms with Crippen LogP contribution in [0.1, 0.15) is 92.9 Å². The van der Waals surface area contributed by atoms with Crippen molar-refractivity contribution in [2.75, 3.05) is 20.8 Å². The third kappa shape index (κ3) is 8.44. The highest BCUT2D eigenvalue weighted by molar-refractivity contribution is 7.91. The van der Waals surface area contributed by atoms with E-state index in [4.69, 9.17) is 14.2 Å². The molecule has 60 heavy (non-hydrogen) atoms. The average Bonchev–Trinajstić information content (AvgIpc) is 4.06. The van der Waals surface area contributed by atoms with E-state index in [9.17, 15) is 27.9 Å². The zero-order chi connectivity index (χ0) is 44.2. The van der Waals surface area contributed by atoms with E-state index in [1.54, 1.807) is 37.3 Å². The summed E-state index contributed by atoms with van der Waals surface area (Å²) in [6.07, 6.45) is 3.25. The zero-order valence-corrected chi connectivity index (χ0v) is 36.2. The Morgan fingerprint density at radius 2 is 1.82 bits per heavy atom. The van der Waals surface area contributed by atoms with E-state index < -0.39 is 85.6 Å². The quantitative estimate of drug-likeness (QED) is 0.236. The number of hydrogen-bond acceptors (Lipinski definition) is 10. The molecule has 1 saturated heterocycles. The molecule has 2 aliphatic carbocycles. The zero-order valence-electron chi connectivity index (χ0n) is 35.4. The van der Waals surface area contributed by atoms with E-state index in [-0.39, 0.29) is 43.5 Å². The predicted molar refractivity (Wildman–Crippen MR) is 217 cm³/mol. The number of carboxylic acid groups (broad SMARTS) is 1. The summed E-state index contributed by atoms with van der Waals surface area (Å²) < 4.78 is 75.9. The summed E-state index contributed by atoms with van der Waals surface area (Å²) in [5.41, 5.74) is -4.06. The van der Waals surface area contributed by atoms with Crippen LogP contribution in [0.15, 0.2) is 36.4 Å². The van der Waals surface area contributed by atoms with Gasteiger partial charge in [-0.05, 0) is 94.7 Å². The molecule has 4 amide bonds. The minimum absolute atomic E-state index is 0.0831. The smallest absolute Gasteiger partial charge is 0.408 e. The second-order valence-electron chi connectivity index (χ2n) is 17.8. The van der Waals surface area contributed by atoms with Gasteiger partial charge in [-0.3, -0.25) is 24.0 Å². The number of amides is 4.